The molecule has 0 radical (unpaired) electrons. The van der Waals surface area contributed by atoms with E-state index in [2.05, 4.69) is 10.3 Å². The van der Waals surface area contributed by atoms with E-state index < -0.39 is 0 Å². The van der Waals surface area contributed by atoms with Gasteiger partial charge in [-0.2, -0.15) is 0 Å². The zero-order valence-corrected chi connectivity index (χ0v) is 11.4. The number of nitrogens with one attached hydrogen (secondary N) is 1. The summed E-state index contributed by atoms with van der Waals surface area (Å²) in [5.41, 5.74) is 3.50. The number of nitrogens with zero attached hydrogens (tertiary/aromatic N) is 1. The summed E-state index contributed by atoms with van der Waals surface area (Å²) in [6, 6.07) is 11.2. The lowest BCUT2D eigenvalue weighted by Gasteiger charge is -2.07. The van der Waals surface area contributed by atoms with Crippen LogP contribution in [0.15, 0.2) is 42.6 Å². The van der Waals surface area contributed by atoms with Gasteiger partial charge in [-0.3, -0.25) is 9.78 Å². The van der Waals surface area contributed by atoms with E-state index in [9.17, 15) is 4.79 Å². The minimum atomic E-state index is -0.114. The maximum absolute atomic E-state index is 12.0. The largest absolute Gasteiger partial charge is 0.346 e. The molecular weight excluding hydrogens is 260 g/mol. The molecule has 19 heavy (non-hydrogen) atoms. The van der Waals surface area contributed by atoms with Gasteiger partial charge < -0.3 is 5.32 Å². The van der Waals surface area contributed by atoms with Crippen molar-refractivity contribution in [1.82, 2.24) is 10.3 Å². The van der Waals surface area contributed by atoms with Crippen LogP contribution in [-0.4, -0.2) is 10.9 Å². The number of amides is 1. The van der Waals surface area contributed by atoms with Gasteiger partial charge in [-0.05, 0) is 36.2 Å². The molecule has 0 saturated carbocycles. The molecule has 1 heterocycles. The minimum absolute atomic E-state index is 0.114. The Balaban J connectivity index is 2.03. The van der Waals surface area contributed by atoms with E-state index in [1.54, 1.807) is 18.3 Å². The number of hydrogen-bond donors (Lipinski definition) is 1. The molecule has 1 N–H and O–H groups in total. The summed E-state index contributed by atoms with van der Waals surface area (Å²) in [5.74, 6) is 0.289. The van der Waals surface area contributed by atoms with E-state index in [1.807, 2.05) is 31.2 Å². The SMILES string of the molecule is Cc1cccnc1CNC(=O)c1cccc(CCl)c1. The zero-order valence-electron chi connectivity index (χ0n) is 10.7. The van der Waals surface area contributed by atoms with Crippen LogP contribution in [-0.2, 0) is 12.4 Å². The summed E-state index contributed by atoms with van der Waals surface area (Å²) in [6.07, 6.45) is 1.72. The fraction of sp³-hybridized carbons (Fsp3) is 0.200. The Kier molecular flexibility index (Phi) is 4.53. The molecule has 2 aromatic rings. The van der Waals surface area contributed by atoms with E-state index in [1.165, 1.54) is 0 Å². The normalized spacial score (nSPS) is 10.2. The lowest BCUT2D eigenvalue weighted by Crippen LogP contribution is -2.23. The van der Waals surface area contributed by atoms with Gasteiger partial charge in [-0.25, -0.2) is 0 Å². The molecule has 0 spiro atoms. The summed E-state index contributed by atoms with van der Waals surface area (Å²) in [4.78, 5) is 16.3. The van der Waals surface area contributed by atoms with Gasteiger partial charge in [0.05, 0.1) is 12.2 Å². The van der Waals surface area contributed by atoms with Crippen LogP contribution in [0.4, 0.5) is 0 Å². The Morgan fingerprint density at radius 3 is 2.89 bits per heavy atom. The number of pyridine rings is 1. The second-order valence-corrected chi connectivity index (χ2v) is 4.55. The third-order valence-corrected chi connectivity index (χ3v) is 3.19. The first-order valence-electron chi connectivity index (χ1n) is 6.04. The van der Waals surface area contributed by atoms with E-state index in [4.69, 9.17) is 11.6 Å². The number of carbonyl (C=O) groups excluding carboxylic acids is 1. The maximum atomic E-state index is 12.0. The molecule has 1 aromatic heterocycles. The first kappa shape index (κ1) is 13.6. The van der Waals surface area contributed by atoms with Gasteiger partial charge in [-0.1, -0.05) is 18.2 Å². The molecule has 98 valence electrons. The summed E-state index contributed by atoms with van der Waals surface area (Å²) in [5, 5.41) is 2.86. The van der Waals surface area contributed by atoms with Crippen molar-refractivity contribution in [3.05, 3.63) is 65.0 Å². The molecule has 4 heteroatoms. The highest BCUT2D eigenvalue weighted by molar-refractivity contribution is 6.17. The number of rotatable bonds is 4. The van der Waals surface area contributed by atoms with Crippen LogP contribution in [0.1, 0.15) is 27.2 Å². The standard InChI is InChI=1S/C15H15ClN2O/c1-11-4-3-7-17-14(11)10-18-15(19)13-6-2-5-12(8-13)9-16/h2-8H,9-10H2,1H3,(H,18,19). The Bertz CT molecular complexity index is 584. The molecule has 0 aliphatic rings. The lowest BCUT2D eigenvalue weighted by atomic mass is 10.1. The summed E-state index contributed by atoms with van der Waals surface area (Å²) < 4.78 is 0. The van der Waals surface area contributed by atoms with Gasteiger partial charge in [0, 0.05) is 17.6 Å². The number of hydrogen-bond acceptors (Lipinski definition) is 2. The number of halogens is 1. The molecule has 0 aliphatic heterocycles. The zero-order chi connectivity index (χ0) is 13.7. The molecule has 0 fully saturated rings. The average molecular weight is 275 g/mol. The molecule has 3 nitrogen and oxygen atoms in total. The predicted molar refractivity (Wildman–Crippen MR) is 76.1 cm³/mol. The maximum Gasteiger partial charge on any atom is 0.251 e. The number of carbonyl (C=O) groups is 1. The second-order valence-electron chi connectivity index (χ2n) is 4.28. The van der Waals surface area contributed by atoms with Crippen molar-refractivity contribution in [2.75, 3.05) is 0 Å². The Morgan fingerprint density at radius 2 is 2.16 bits per heavy atom. The van der Waals surface area contributed by atoms with Gasteiger partial charge in [0.25, 0.3) is 5.91 Å². The molecule has 2 rings (SSSR count). The Hall–Kier alpha value is -1.87. The van der Waals surface area contributed by atoms with Crippen LogP contribution in [0.3, 0.4) is 0 Å². The second kappa shape index (κ2) is 6.34. The topological polar surface area (TPSA) is 42.0 Å². The van der Waals surface area contributed by atoms with E-state index in [0.29, 0.717) is 18.0 Å². The van der Waals surface area contributed by atoms with Crippen molar-refractivity contribution in [2.24, 2.45) is 0 Å². The molecule has 0 saturated heterocycles. The lowest BCUT2D eigenvalue weighted by molar-refractivity contribution is 0.0950. The van der Waals surface area contributed by atoms with Gasteiger partial charge in [0.15, 0.2) is 0 Å². The Labute approximate surface area is 117 Å². The van der Waals surface area contributed by atoms with Crippen molar-refractivity contribution >= 4 is 17.5 Å². The third-order valence-electron chi connectivity index (χ3n) is 2.88. The highest BCUT2D eigenvalue weighted by Crippen LogP contribution is 2.08. The Morgan fingerprint density at radius 1 is 1.32 bits per heavy atom. The first-order valence-corrected chi connectivity index (χ1v) is 6.58. The van der Waals surface area contributed by atoms with Crippen molar-refractivity contribution in [3.8, 4) is 0 Å². The first-order chi connectivity index (χ1) is 9.20. The van der Waals surface area contributed by atoms with E-state index in [-0.39, 0.29) is 5.91 Å². The van der Waals surface area contributed by atoms with Crippen molar-refractivity contribution in [2.45, 2.75) is 19.3 Å². The van der Waals surface area contributed by atoms with Crippen LogP contribution in [0.25, 0.3) is 0 Å². The summed E-state index contributed by atoms with van der Waals surface area (Å²) in [6.45, 7) is 2.40. The van der Waals surface area contributed by atoms with Crippen LogP contribution in [0, 0.1) is 6.92 Å². The fourth-order valence-electron chi connectivity index (χ4n) is 1.77. The van der Waals surface area contributed by atoms with Crippen LogP contribution in [0.5, 0.6) is 0 Å². The van der Waals surface area contributed by atoms with Crippen LogP contribution < -0.4 is 5.32 Å². The van der Waals surface area contributed by atoms with Crippen LogP contribution >= 0.6 is 11.6 Å². The van der Waals surface area contributed by atoms with Crippen molar-refractivity contribution in [1.29, 1.82) is 0 Å². The predicted octanol–water partition coefficient (Wildman–Crippen LogP) is 3.06. The molecule has 0 unspecified atom stereocenters. The summed E-state index contributed by atoms with van der Waals surface area (Å²) in [7, 11) is 0. The third kappa shape index (κ3) is 3.55. The van der Waals surface area contributed by atoms with Crippen LogP contribution in [0.2, 0.25) is 0 Å². The highest BCUT2D eigenvalue weighted by atomic mass is 35.5. The molecule has 0 aliphatic carbocycles. The average Bonchev–Trinajstić information content (AvgIpc) is 2.46. The van der Waals surface area contributed by atoms with Crippen molar-refractivity contribution < 1.29 is 4.79 Å². The van der Waals surface area contributed by atoms with E-state index >= 15 is 0 Å². The number of alkyl halides is 1. The van der Waals surface area contributed by atoms with Gasteiger partial charge in [0.2, 0.25) is 0 Å². The summed E-state index contributed by atoms with van der Waals surface area (Å²) >= 11 is 5.76. The van der Waals surface area contributed by atoms with Gasteiger partial charge in [-0.15, -0.1) is 11.6 Å². The number of benzene rings is 1. The smallest absolute Gasteiger partial charge is 0.251 e. The quantitative estimate of drug-likeness (QED) is 0.871. The van der Waals surface area contributed by atoms with E-state index in [0.717, 1.165) is 16.8 Å². The number of aromatic nitrogens is 1. The number of aryl methyl sites for hydroxylation is 1. The van der Waals surface area contributed by atoms with Gasteiger partial charge in [0.1, 0.15) is 0 Å². The van der Waals surface area contributed by atoms with Crippen molar-refractivity contribution in [3.63, 3.8) is 0 Å². The molecule has 0 atom stereocenters. The molecule has 1 aromatic carbocycles. The molecular formula is C15H15ClN2O. The van der Waals surface area contributed by atoms with Gasteiger partial charge >= 0.3 is 0 Å². The fourth-order valence-corrected chi connectivity index (χ4v) is 1.93. The minimum Gasteiger partial charge on any atom is -0.346 e. The monoisotopic (exact) mass is 274 g/mol. The highest BCUT2D eigenvalue weighted by Gasteiger charge is 2.07. The molecule has 1 amide bonds. The molecule has 0 bridgehead atoms.